The van der Waals surface area contributed by atoms with Crippen LogP contribution in [0.3, 0.4) is 0 Å². The smallest absolute Gasteiger partial charge is 0.274 e. The van der Waals surface area contributed by atoms with Crippen LogP contribution in [-0.2, 0) is 6.54 Å². The predicted molar refractivity (Wildman–Crippen MR) is 97.4 cm³/mol. The van der Waals surface area contributed by atoms with E-state index in [0.29, 0.717) is 11.6 Å². The maximum Gasteiger partial charge on any atom is 0.274 e. The van der Waals surface area contributed by atoms with Crippen LogP contribution in [0.5, 0.6) is 0 Å². The Morgan fingerprint density at radius 3 is 2.80 bits per heavy atom. The van der Waals surface area contributed by atoms with E-state index in [-0.39, 0.29) is 11.9 Å². The molecule has 2 aliphatic rings. The summed E-state index contributed by atoms with van der Waals surface area (Å²) in [6.45, 7) is 5.82. The number of benzene rings is 1. The van der Waals surface area contributed by atoms with Gasteiger partial charge in [-0.15, -0.1) is 0 Å². The predicted octanol–water partition coefficient (Wildman–Crippen LogP) is 3.02. The molecule has 1 atom stereocenters. The lowest BCUT2D eigenvalue weighted by atomic mass is 10.2. The van der Waals surface area contributed by atoms with E-state index in [1.807, 2.05) is 11.0 Å². The van der Waals surface area contributed by atoms with Crippen LogP contribution in [0, 0.1) is 0 Å². The summed E-state index contributed by atoms with van der Waals surface area (Å²) >= 11 is 0. The van der Waals surface area contributed by atoms with E-state index in [0.717, 1.165) is 38.3 Å². The van der Waals surface area contributed by atoms with Gasteiger partial charge in [0.25, 0.3) is 5.91 Å². The fourth-order valence-electron chi connectivity index (χ4n) is 3.73. The van der Waals surface area contributed by atoms with Crippen molar-refractivity contribution < 1.29 is 4.79 Å². The summed E-state index contributed by atoms with van der Waals surface area (Å²) in [6.07, 6.45) is 3.43. The quantitative estimate of drug-likeness (QED) is 0.932. The van der Waals surface area contributed by atoms with E-state index in [9.17, 15) is 4.79 Å². The maximum absolute atomic E-state index is 12.9. The molecule has 1 N–H and O–H groups in total. The second kappa shape index (κ2) is 7.00. The van der Waals surface area contributed by atoms with Crippen LogP contribution in [-0.4, -0.2) is 51.6 Å². The van der Waals surface area contributed by atoms with Gasteiger partial charge in [-0.05, 0) is 37.8 Å². The number of carbonyl (C=O) groups excluding carboxylic acids is 1. The van der Waals surface area contributed by atoms with Gasteiger partial charge in [0.2, 0.25) is 0 Å². The number of rotatable bonds is 4. The molecule has 1 aromatic carbocycles. The fraction of sp³-hybridized carbons (Fsp3) is 0.500. The first kappa shape index (κ1) is 16.3. The Hall–Kier alpha value is -2.14. The monoisotopic (exact) mass is 338 g/mol. The molecular formula is C20H26N4O. The second-order valence-electron chi connectivity index (χ2n) is 7.40. The van der Waals surface area contributed by atoms with Crippen molar-refractivity contribution in [3.63, 3.8) is 0 Å². The molecule has 1 aromatic heterocycles. The number of hydrogen-bond acceptors (Lipinski definition) is 3. The van der Waals surface area contributed by atoms with E-state index < -0.39 is 0 Å². The molecule has 1 saturated heterocycles. The average Bonchev–Trinajstić information content (AvgIpc) is 3.38. The van der Waals surface area contributed by atoms with Crippen LogP contribution < -0.4 is 0 Å². The maximum atomic E-state index is 12.9. The molecule has 0 bridgehead atoms. The molecule has 2 fully saturated rings. The van der Waals surface area contributed by atoms with Crippen molar-refractivity contribution in [2.45, 2.75) is 44.7 Å². The molecule has 0 spiro atoms. The van der Waals surface area contributed by atoms with E-state index in [1.165, 1.54) is 18.4 Å². The average molecular weight is 338 g/mol. The second-order valence-corrected chi connectivity index (χ2v) is 7.40. The summed E-state index contributed by atoms with van der Waals surface area (Å²) in [4.78, 5) is 17.4. The largest absolute Gasteiger partial charge is 0.333 e. The number of H-pyrrole nitrogens is 1. The Morgan fingerprint density at radius 2 is 2.04 bits per heavy atom. The lowest BCUT2D eigenvalue weighted by Gasteiger charge is -2.28. The highest BCUT2D eigenvalue weighted by molar-refractivity contribution is 5.92. The highest BCUT2D eigenvalue weighted by Gasteiger charge is 2.30. The van der Waals surface area contributed by atoms with Gasteiger partial charge in [-0.1, -0.05) is 30.3 Å². The first-order valence-corrected chi connectivity index (χ1v) is 9.33. The standard InChI is InChI=1S/C20H26N4O/c1-15-13-23(14-16-6-3-2-4-7-16)10-5-11-24(15)20(25)19-12-18(21-22-19)17-8-9-17/h2-4,6-7,12,15,17H,5,8-11,13-14H2,1H3,(H,21,22)/t15-/m0/s1. The third-order valence-electron chi connectivity index (χ3n) is 5.27. The Labute approximate surface area is 149 Å². The van der Waals surface area contributed by atoms with Crippen LogP contribution in [0.4, 0.5) is 0 Å². The number of aromatic amines is 1. The van der Waals surface area contributed by atoms with E-state index in [1.54, 1.807) is 0 Å². The summed E-state index contributed by atoms with van der Waals surface area (Å²) in [5.41, 5.74) is 3.03. The number of carbonyl (C=O) groups is 1. The molecule has 25 heavy (non-hydrogen) atoms. The fourth-order valence-corrected chi connectivity index (χ4v) is 3.73. The molecule has 2 aromatic rings. The Morgan fingerprint density at radius 1 is 1.24 bits per heavy atom. The molecule has 132 valence electrons. The first-order chi connectivity index (χ1) is 12.2. The number of hydrogen-bond donors (Lipinski definition) is 1. The molecule has 0 radical (unpaired) electrons. The van der Waals surface area contributed by atoms with Crippen LogP contribution in [0.25, 0.3) is 0 Å². The third kappa shape index (κ3) is 3.76. The molecule has 0 unspecified atom stereocenters. The Bertz CT molecular complexity index is 722. The molecule has 5 heteroatoms. The van der Waals surface area contributed by atoms with Gasteiger partial charge in [0.1, 0.15) is 5.69 Å². The molecule has 5 nitrogen and oxygen atoms in total. The number of nitrogens with zero attached hydrogens (tertiary/aromatic N) is 3. The lowest BCUT2D eigenvalue weighted by molar-refractivity contribution is 0.0685. The Balaban J connectivity index is 1.41. The van der Waals surface area contributed by atoms with Crippen molar-refractivity contribution in [2.24, 2.45) is 0 Å². The molecule has 1 saturated carbocycles. The van der Waals surface area contributed by atoms with Gasteiger partial charge in [0.15, 0.2) is 0 Å². The minimum atomic E-state index is 0.0669. The zero-order valence-electron chi connectivity index (χ0n) is 14.8. The van der Waals surface area contributed by atoms with Crippen LogP contribution >= 0.6 is 0 Å². The number of aromatic nitrogens is 2. The SMILES string of the molecule is C[C@H]1CN(Cc2ccccc2)CCCN1C(=O)c1cc(C2CC2)[nH]n1. The summed E-state index contributed by atoms with van der Waals surface area (Å²) in [5.74, 6) is 0.661. The van der Waals surface area contributed by atoms with Crippen LogP contribution in [0.15, 0.2) is 36.4 Å². The van der Waals surface area contributed by atoms with E-state index in [4.69, 9.17) is 0 Å². The summed E-state index contributed by atoms with van der Waals surface area (Å²) in [5, 5.41) is 7.33. The summed E-state index contributed by atoms with van der Waals surface area (Å²) < 4.78 is 0. The van der Waals surface area contributed by atoms with Gasteiger partial charge in [0, 0.05) is 43.8 Å². The van der Waals surface area contributed by atoms with Gasteiger partial charge in [0.05, 0.1) is 0 Å². The van der Waals surface area contributed by atoms with Gasteiger partial charge < -0.3 is 4.90 Å². The molecule has 2 heterocycles. The minimum absolute atomic E-state index is 0.0669. The minimum Gasteiger partial charge on any atom is -0.333 e. The molecule has 1 aliphatic heterocycles. The molecule has 1 aliphatic carbocycles. The first-order valence-electron chi connectivity index (χ1n) is 9.33. The van der Waals surface area contributed by atoms with Gasteiger partial charge in [-0.2, -0.15) is 5.10 Å². The Kier molecular flexibility index (Phi) is 4.57. The highest BCUT2D eigenvalue weighted by atomic mass is 16.2. The molecular weight excluding hydrogens is 312 g/mol. The molecule has 4 rings (SSSR count). The van der Waals surface area contributed by atoms with Gasteiger partial charge in [-0.3, -0.25) is 14.8 Å². The van der Waals surface area contributed by atoms with Crippen LogP contribution in [0.2, 0.25) is 0 Å². The van der Waals surface area contributed by atoms with Crippen molar-refractivity contribution in [3.8, 4) is 0 Å². The third-order valence-corrected chi connectivity index (χ3v) is 5.27. The van der Waals surface area contributed by atoms with E-state index in [2.05, 4.69) is 52.4 Å². The van der Waals surface area contributed by atoms with Gasteiger partial charge in [-0.25, -0.2) is 0 Å². The van der Waals surface area contributed by atoms with Crippen molar-refractivity contribution in [3.05, 3.63) is 53.3 Å². The number of amides is 1. The van der Waals surface area contributed by atoms with Crippen molar-refractivity contribution in [1.82, 2.24) is 20.0 Å². The topological polar surface area (TPSA) is 52.2 Å². The van der Waals surface area contributed by atoms with Crippen molar-refractivity contribution in [2.75, 3.05) is 19.6 Å². The normalized spacial score (nSPS) is 22.0. The van der Waals surface area contributed by atoms with Crippen LogP contribution in [0.1, 0.15) is 53.8 Å². The zero-order valence-corrected chi connectivity index (χ0v) is 14.8. The van der Waals surface area contributed by atoms with Crippen molar-refractivity contribution >= 4 is 5.91 Å². The van der Waals surface area contributed by atoms with E-state index >= 15 is 0 Å². The lowest BCUT2D eigenvalue weighted by Crippen LogP contribution is -2.42. The summed E-state index contributed by atoms with van der Waals surface area (Å²) in [7, 11) is 0. The zero-order chi connectivity index (χ0) is 17.2. The number of nitrogens with one attached hydrogen (secondary N) is 1. The van der Waals surface area contributed by atoms with Gasteiger partial charge >= 0.3 is 0 Å². The molecule has 1 amide bonds. The summed E-state index contributed by atoms with van der Waals surface area (Å²) in [6, 6.07) is 12.7. The van der Waals surface area contributed by atoms with Crippen molar-refractivity contribution in [1.29, 1.82) is 0 Å². The highest BCUT2D eigenvalue weighted by Crippen LogP contribution is 2.39.